The van der Waals surface area contributed by atoms with Crippen molar-refractivity contribution in [2.24, 2.45) is 0 Å². The maximum atomic E-state index is 11.4. The van der Waals surface area contributed by atoms with Crippen LogP contribution in [0.25, 0.3) is 0 Å². The van der Waals surface area contributed by atoms with Crippen molar-refractivity contribution < 1.29 is 9.53 Å². The van der Waals surface area contributed by atoms with Crippen LogP contribution in [0, 0.1) is 11.8 Å². The Balaban J connectivity index is 2.61. The number of nitrogens with zero attached hydrogens (tertiary/aromatic N) is 1. The number of carbonyl (C=O) groups is 1. The monoisotopic (exact) mass is 219 g/mol. The first-order valence-electron chi connectivity index (χ1n) is 5.49. The minimum Gasteiger partial charge on any atom is -0.452 e. The molecule has 1 aliphatic heterocycles. The van der Waals surface area contributed by atoms with Crippen LogP contribution in [-0.4, -0.2) is 24.1 Å². The van der Waals surface area contributed by atoms with E-state index in [2.05, 4.69) is 23.5 Å². The zero-order valence-corrected chi connectivity index (χ0v) is 9.77. The van der Waals surface area contributed by atoms with Gasteiger partial charge in [-0.2, -0.15) is 0 Å². The molecule has 0 saturated heterocycles. The highest BCUT2D eigenvalue weighted by Gasteiger charge is 2.19. The summed E-state index contributed by atoms with van der Waals surface area (Å²) in [4.78, 5) is 12.9. The van der Waals surface area contributed by atoms with E-state index in [0.717, 1.165) is 19.3 Å². The molecule has 1 amide bonds. The Morgan fingerprint density at radius 1 is 1.50 bits per heavy atom. The molecule has 0 spiro atoms. The zero-order valence-electron chi connectivity index (χ0n) is 9.77. The average Bonchev–Trinajstić information content (AvgIpc) is 2.34. The van der Waals surface area contributed by atoms with E-state index in [-0.39, 0.29) is 12.1 Å². The predicted molar refractivity (Wildman–Crippen MR) is 63.6 cm³/mol. The third kappa shape index (κ3) is 3.47. The van der Waals surface area contributed by atoms with Gasteiger partial charge in [0.1, 0.15) is 6.04 Å². The maximum absolute atomic E-state index is 11.4. The Morgan fingerprint density at radius 3 is 3.00 bits per heavy atom. The van der Waals surface area contributed by atoms with Crippen molar-refractivity contribution in [3.05, 3.63) is 24.4 Å². The number of rotatable bonds is 2. The van der Waals surface area contributed by atoms with Gasteiger partial charge in [-0.05, 0) is 18.6 Å². The highest BCUT2D eigenvalue weighted by atomic mass is 16.5. The molecule has 1 rings (SSSR count). The van der Waals surface area contributed by atoms with Gasteiger partial charge >= 0.3 is 6.09 Å². The SMILES string of the molecule is CCCCC#C[C@H]1C=CC=CN1C(=O)OC. The molecule has 0 bridgehead atoms. The largest absolute Gasteiger partial charge is 0.452 e. The number of hydrogen-bond acceptors (Lipinski definition) is 2. The summed E-state index contributed by atoms with van der Waals surface area (Å²) in [7, 11) is 1.37. The van der Waals surface area contributed by atoms with E-state index in [1.54, 1.807) is 12.3 Å². The lowest BCUT2D eigenvalue weighted by Crippen LogP contribution is -2.35. The van der Waals surface area contributed by atoms with E-state index in [9.17, 15) is 4.79 Å². The fraction of sp³-hybridized carbons (Fsp3) is 0.462. The molecule has 0 saturated carbocycles. The van der Waals surface area contributed by atoms with Crippen molar-refractivity contribution in [1.29, 1.82) is 0 Å². The summed E-state index contributed by atoms with van der Waals surface area (Å²) < 4.78 is 4.68. The molecule has 0 aromatic rings. The van der Waals surface area contributed by atoms with Gasteiger partial charge in [0, 0.05) is 12.6 Å². The number of methoxy groups -OCH3 is 1. The van der Waals surface area contributed by atoms with Crippen molar-refractivity contribution in [2.75, 3.05) is 7.11 Å². The van der Waals surface area contributed by atoms with Crippen LogP contribution in [0.3, 0.4) is 0 Å². The molecule has 1 heterocycles. The van der Waals surface area contributed by atoms with Crippen LogP contribution in [0.5, 0.6) is 0 Å². The Labute approximate surface area is 96.8 Å². The van der Waals surface area contributed by atoms with Gasteiger partial charge in [-0.1, -0.05) is 25.3 Å². The number of amides is 1. The van der Waals surface area contributed by atoms with Gasteiger partial charge in [0.05, 0.1) is 7.11 Å². The Morgan fingerprint density at radius 2 is 2.31 bits per heavy atom. The molecule has 0 N–H and O–H groups in total. The molecule has 3 heteroatoms. The summed E-state index contributed by atoms with van der Waals surface area (Å²) in [5, 5.41) is 0. The van der Waals surface area contributed by atoms with Crippen LogP contribution >= 0.6 is 0 Å². The van der Waals surface area contributed by atoms with E-state index in [0.29, 0.717) is 0 Å². The maximum Gasteiger partial charge on any atom is 0.414 e. The van der Waals surface area contributed by atoms with Crippen molar-refractivity contribution in [3.8, 4) is 11.8 Å². The second-order valence-corrected chi connectivity index (χ2v) is 3.47. The van der Waals surface area contributed by atoms with Crippen LogP contribution in [0.15, 0.2) is 24.4 Å². The third-order valence-electron chi connectivity index (χ3n) is 2.24. The Hall–Kier alpha value is -1.69. The van der Waals surface area contributed by atoms with E-state index < -0.39 is 0 Å². The van der Waals surface area contributed by atoms with Crippen molar-refractivity contribution in [1.82, 2.24) is 4.90 Å². The van der Waals surface area contributed by atoms with Crippen LogP contribution in [0.1, 0.15) is 26.2 Å². The summed E-state index contributed by atoms with van der Waals surface area (Å²) in [5.41, 5.74) is 0. The molecule has 0 aromatic carbocycles. The molecular formula is C13H17NO2. The normalized spacial score (nSPS) is 17.9. The molecule has 0 unspecified atom stereocenters. The minimum atomic E-state index is -0.379. The predicted octanol–water partition coefficient (Wildman–Crippen LogP) is 2.70. The first kappa shape index (κ1) is 12.4. The van der Waals surface area contributed by atoms with Crippen molar-refractivity contribution >= 4 is 6.09 Å². The van der Waals surface area contributed by atoms with Crippen LogP contribution in [0.4, 0.5) is 4.79 Å². The van der Waals surface area contributed by atoms with E-state index >= 15 is 0 Å². The van der Waals surface area contributed by atoms with Gasteiger partial charge in [0.2, 0.25) is 0 Å². The van der Waals surface area contributed by atoms with E-state index in [1.807, 2.05) is 12.2 Å². The van der Waals surface area contributed by atoms with Crippen molar-refractivity contribution in [3.63, 3.8) is 0 Å². The number of hydrogen-bond donors (Lipinski definition) is 0. The second-order valence-electron chi connectivity index (χ2n) is 3.47. The van der Waals surface area contributed by atoms with Crippen LogP contribution in [-0.2, 0) is 4.74 Å². The van der Waals surface area contributed by atoms with Crippen molar-refractivity contribution in [2.45, 2.75) is 32.2 Å². The molecule has 86 valence electrons. The standard InChI is InChI=1S/C13H17NO2/c1-3-4-5-6-9-12-10-7-8-11-14(12)13(15)16-2/h7-8,10-12H,3-5H2,1-2H3/t12-/m0/s1. The lowest BCUT2D eigenvalue weighted by atomic mass is 10.2. The van der Waals surface area contributed by atoms with Crippen LogP contribution < -0.4 is 0 Å². The minimum absolute atomic E-state index is 0.200. The lowest BCUT2D eigenvalue weighted by molar-refractivity contribution is 0.137. The summed E-state index contributed by atoms with van der Waals surface area (Å²) in [6.45, 7) is 2.13. The molecule has 0 radical (unpaired) electrons. The Kier molecular flexibility index (Phi) is 5.21. The molecule has 1 aliphatic rings. The van der Waals surface area contributed by atoms with Gasteiger partial charge in [-0.15, -0.1) is 5.92 Å². The second kappa shape index (κ2) is 6.73. The Bertz CT molecular complexity index is 347. The topological polar surface area (TPSA) is 29.5 Å². The van der Waals surface area contributed by atoms with E-state index in [1.165, 1.54) is 12.0 Å². The molecule has 0 aromatic heterocycles. The number of allylic oxidation sites excluding steroid dienone is 2. The van der Waals surface area contributed by atoms with Gasteiger partial charge in [-0.25, -0.2) is 4.79 Å². The first-order valence-corrected chi connectivity index (χ1v) is 5.49. The zero-order chi connectivity index (χ0) is 11.8. The molecular weight excluding hydrogens is 202 g/mol. The fourth-order valence-electron chi connectivity index (χ4n) is 1.34. The van der Waals surface area contributed by atoms with Crippen LogP contribution in [0.2, 0.25) is 0 Å². The highest BCUT2D eigenvalue weighted by Crippen LogP contribution is 2.09. The molecule has 0 fully saturated rings. The smallest absolute Gasteiger partial charge is 0.414 e. The molecule has 1 atom stereocenters. The lowest BCUT2D eigenvalue weighted by Gasteiger charge is -2.22. The number of unbranched alkanes of at least 4 members (excludes halogenated alkanes) is 2. The molecule has 3 nitrogen and oxygen atoms in total. The van der Waals surface area contributed by atoms with Gasteiger partial charge in [0.15, 0.2) is 0 Å². The van der Waals surface area contributed by atoms with Gasteiger partial charge in [0.25, 0.3) is 0 Å². The summed E-state index contributed by atoms with van der Waals surface area (Å²) in [6.07, 6.45) is 9.98. The summed E-state index contributed by atoms with van der Waals surface area (Å²) in [5.74, 6) is 6.14. The van der Waals surface area contributed by atoms with Gasteiger partial charge < -0.3 is 4.74 Å². The van der Waals surface area contributed by atoms with Gasteiger partial charge in [-0.3, -0.25) is 4.90 Å². The molecule has 0 aliphatic carbocycles. The summed E-state index contributed by atoms with van der Waals surface area (Å²) in [6, 6.07) is -0.200. The average molecular weight is 219 g/mol. The quantitative estimate of drug-likeness (QED) is 0.528. The molecule has 16 heavy (non-hydrogen) atoms. The number of ether oxygens (including phenoxy) is 1. The first-order chi connectivity index (χ1) is 7.79. The fourth-order valence-corrected chi connectivity index (χ4v) is 1.34. The summed E-state index contributed by atoms with van der Waals surface area (Å²) >= 11 is 0. The third-order valence-corrected chi connectivity index (χ3v) is 2.24. The highest BCUT2D eigenvalue weighted by molar-refractivity contribution is 5.70. The van der Waals surface area contributed by atoms with E-state index in [4.69, 9.17) is 0 Å². The number of carbonyl (C=O) groups excluding carboxylic acids is 1.